The average molecular weight is 288 g/mol. The van der Waals surface area contributed by atoms with Gasteiger partial charge in [-0.25, -0.2) is 0 Å². The lowest BCUT2D eigenvalue weighted by molar-refractivity contribution is 0.189. The summed E-state index contributed by atoms with van der Waals surface area (Å²) in [6, 6.07) is 7.97. The van der Waals surface area contributed by atoms with Crippen LogP contribution in [0.2, 0.25) is 0 Å². The first-order valence-electron chi connectivity index (χ1n) is 8.39. The molecule has 0 radical (unpaired) electrons. The standard InChI is InChI=1S/C18H28N2O/c1-14-10-15(2)12-18(11-14)21-9-8-20(17-5-6-17)13-16-4-3-7-19-16/h10-12,16-17,19H,3-9,13H2,1-2H3. The molecule has 0 amide bonds. The molecule has 1 saturated carbocycles. The number of ether oxygens (including phenoxy) is 1. The molecule has 3 rings (SSSR count). The molecule has 3 nitrogen and oxygen atoms in total. The molecule has 1 aliphatic carbocycles. The van der Waals surface area contributed by atoms with Gasteiger partial charge in [0, 0.05) is 25.2 Å². The fourth-order valence-corrected chi connectivity index (χ4v) is 3.36. The number of nitrogens with one attached hydrogen (secondary N) is 1. The van der Waals surface area contributed by atoms with E-state index in [9.17, 15) is 0 Å². The number of nitrogens with zero attached hydrogens (tertiary/aromatic N) is 1. The van der Waals surface area contributed by atoms with Gasteiger partial charge in [-0.15, -0.1) is 0 Å². The minimum absolute atomic E-state index is 0.701. The molecule has 1 aromatic rings. The Morgan fingerprint density at radius 1 is 1.14 bits per heavy atom. The van der Waals surface area contributed by atoms with Gasteiger partial charge in [0.25, 0.3) is 0 Å². The highest BCUT2D eigenvalue weighted by Gasteiger charge is 2.30. The molecular weight excluding hydrogens is 260 g/mol. The number of rotatable bonds is 7. The monoisotopic (exact) mass is 288 g/mol. The molecule has 116 valence electrons. The maximum absolute atomic E-state index is 5.98. The molecule has 1 aliphatic heterocycles. The highest BCUT2D eigenvalue weighted by Crippen LogP contribution is 2.27. The Morgan fingerprint density at radius 2 is 1.90 bits per heavy atom. The van der Waals surface area contributed by atoms with Gasteiger partial charge in [-0.2, -0.15) is 0 Å². The molecule has 3 heteroatoms. The van der Waals surface area contributed by atoms with E-state index >= 15 is 0 Å². The van der Waals surface area contributed by atoms with E-state index in [2.05, 4.69) is 42.3 Å². The minimum Gasteiger partial charge on any atom is -0.492 e. The van der Waals surface area contributed by atoms with E-state index in [1.165, 1.54) is 49.9 Å². The Balaban J connectivity index is 1.47. The van der Waals surface area contributed by atoms with Gasteiger partial charge < -0.3 is 10.1 Å². The molecule has 1 saturated heterocycles. The largest absolute Gasteiger partial charge is 0.492 e. The van der Waals surface area contributed by atoms with Gasteiger partial charge >= 0.3 is 0 Å². The summed E-state index contributed by atoms with van der Waals surface area (Å²) in [5.74, 6) is 1.02. The molecule has 0 spiro atoms. The maximum Gasteiger partial charge on any atom is 0.119 e. The second-order valence-electron chi connectivity index (χ2n) is 6.69. The van der Waals surface area contributed by atoms with Gasteiger partial charge in [0.2, 0.25) is 0 Å². The summed E-state index contributed by atoms with van der Waals surface area (Å²) in [6.45, 7) is 8.50. The van der Waals surface area contributed by atoms with Crippen molar-refractivity contribution in [3.8, 4) is 5.75 Å². The third kappa shape index (κ3) is 4.45. The first kappa shape index (κ1) is 14.9. The molecule has 1 unspecified atom stereocenters. The van der Waals surface area contributed by atoms with E-state index in [1.807, 2.05) is 0 Å². The maximum atomic E-state index is 5.98. The normalized spacial score (nSPS) is 22.0. The summed E-state index contributed by atoms with van der Waals surface area (Å²) < 4.78 is 5.98. The third-order valence-electron chi connectivity index (χ3n) is 4.52. The smallest absolute Gasteiger partial charge is 0.119 e. The Bertz CT molecular complexity index is 444. The van der Waals surface area contributed by atoms with Crippen LogP contribution in [0.5, 0.6) is 5.75 Å². The molecule has 1 aromatic carbocycles. The molecule has 1 N–H and O–H groups in total. The van der Waals surface area contributed by atoms with Crippen molar-refractivity contribution < 1.29 is 4.74 Å². The highest BCUT2D eigenvalue weighted by molar-refractivity contribution is 5.32. The zero-order valence-electron chi connectivity index (χ0n) is 13.4. The quantitative estimate of drug-likeness (QED) is 0.835. The molecular formula is C18H28N2O. The summed E-state index contributed by atoms with van der Waals surface area (Å²) in [5.41, 5.74) is 2.55. The van der Waals surface area contributed by atoms with Crippen molar-refractivity contribution in [2.24, 2.45) is 0 Å². The molecule has 0 bridgehead atoms. The summed E-state index contributed by atoms with van der Waals surface area (Å²) >= 11 is 0. The molecule has 2 aliphatic rings. The molecule has 1 atom stereocenters. The second-order valence-corrected chi connectivity index (χ2v) is 6.69. The van der Waals surface area contributed by atoms with Crippen LogP contribution >= 0.6 is 0 Å². The zero-order chi connectivity index (χ0) is 14.7. The van der Waals surface area contributed by atoms with Crippen molar-refractivity contribution in [1.29, 1.82) is 0 Å². The Kier molecular flexibility index (Phi) is 4.81. The van der Waals surface area contributed by atoms with Crippen LogP contribution in [0.25, 0.3) is 0 Å². The topological polar surface area (TPSA) is 24.5 Å². The van der Waals surface area contributed by atoms with Gasteiger partial charge in [0.05, 0.1) is 0 Å². The summed E-state index contributed by atoms with van der Waals surface area (Å²) in [5, 5.41) is 3.61. The van der Waals surface area contributed by atoms with Crippen LogP contribution in [0, 0.1) is 13.8 Å². The fourth-order valence-electron chi connectivity index (χ4n) is 3.36. The van der Waals surface area contributed by atoms with Gasteiger partial charge in [0.15, 0.2) is 0 Å². The van der Waals surface area contributed by atoms with Crippen LogP contribution in [0.3, 0.4) is 0 Å². The summed E-state index contributed by atoms with van der Waals surface area (Å²) in [6.07, 6.45) is 5.41. The number of benzene rings is 1. The van der Waals surface area contributed by atoms with Crippen LogP contribution in [0.15, 0.2) is 18.2 Å². The van der Waals surface area contributed by atoms with E-state index in [0.29, 0.717) is 6.04 Å². The zero-order valence-corrected chi connectivity index (χ0v) is 13.4. The van der Waals surface area contributed by atoms with Crippen LogP contribution in [-0.2, 0) is 0 Å². The first-order chi connectivity index (χ1) is 10.2. The van der Waals surface area contributed by atoms with Crippen molar-refractivity contribution >= 4 is 0 Å². The SMILES string of the molecule is Cc1cc(C)cc(OCCN(CC2CCCN2)C2CC2)c1. The van der Waals surface area contributed by atoms with Gasteiger partial charge in [0.1, 0.15) is 12.4 Å². The van der Waals surface area contributed by atoms with Crippen LogP contribution in [-0.4, -0.2) is 43.2 Å². The number of hydrogen-bond donors (Lipinski definition) is 1. The summed E-state index contributed by atoms with van der Waals surface area (Å²) in [7, 11) is 0. The molecule has 21 heavy (non-hydrogen) atoms. The number of hydrogen-bond acceptors (Lipinski definition) is 3. The second kappa shape index (κ2) is 6.80. The van der Waals surface area contributed by atoms with Crippen LogP contribution < -0.4 is 10.1 Å². The van der Waals surface area contributed by atoms with Crippen molar-refractivity contribution in [3.05, 3.63) is 29.3 Å². The third-order valence-corrected chi connectivity index (χ3v) is 4.52. The Labute approximate surface area is 128 Å². The van der Waals surface area contributed by atoms with Crippen molar-refractivity contribution in [1.82, 2.24) is 10.2 Å². The average Bonchev–Trinajstić information content (AvgIpc) is 3.15. The molecule has 0 aromatic heterocycles. The van der Waals surface area contributed by atoms with E-state index in [0.717, 1.165) is 24.9 Å². The minimum atomic E-state index is 0.701. The Morgan fingerprint density at radius 3 is 2.52 bits per heavy atom. The van der Waals surface area contributed by atoms with E-state index < -0.39 is 0 Å². The molecule has 2 fully saturated rings. The van der Waals surface area contributed by atoms with Gasteiger partial charge in [-0.05, 0) is 69.3 Å². The van der Waals surface area contributed by atoms with Crippen molar-refractivity contribution in [2.45, 2.75) is 51.6 Å². The highest BCUT2D eigenvalue weighted by atomic mass is 16.5. The van der Waals surface area contributed by atoms with Gasteiger partial charge in [-0.3, -0.25) is 4.90 Å². The predicted octanol–water partition coefficient (Wildman–Crippen LogP) is 2.90. The van der Waals surface area contributed by atoms with Crippen molar-refractivity contribution in [3.63, 3.8) is 0 Å². The lowest BCUT2D eigenvalue weighted by Crippen LogP contribution is -2.40. The summed E-state index contributed by atoms with van der Waals surface area (Å²) in [4.78, 5) is 2.63. The first-order valence-corrected chi connectivity index (χ1v) is 8.39. The lowest BCUT2D eigenvalue weighted by atomic mass is 10.1. The number of aryl methyl sites for hydroxylation is 2. The van der Waals surface area contributed by atoms with Crippen LogP contribution in [0.1, 0.15) is 36.8 Å². The Hall–Kier alpha value is -1.06. The predicted molar refractivity (Wildman–Crippen MR) is 87.0 cm³/mol. The molecule has 1 heterocycles. The fraction of sp³-hybridized carbons (Fsp3) is 0.667. The van der Waals surface area contributed by atoms with E-state index in [-0.39, 0.29) is 0 Å². The van der Waals surface area contributed by atoms with Crippen molar-refractivity contribution in [2.75, 3.05) is 26.2 Å². The van der Waals surface area contributed by atoms with E-state index in [4.69, 9.17) is 4.74 Å². The van der Waals surface area contributed by atoms with Crippen LogP contribution in [0.4, 0.5) is 0 Å². The van der Waals surface area contributed by atoms with Gasteiger partial charge in [-0.1, -0.05) is 6.07 Å². The van der Waals surface area contributed by atoms with E-state index in [1.54, 1.807) is 0 Å². The lowest BCUT2D eigenvalue weighted by Gasteiger charge is -2.25.